The van der Waals surface area contributed by atoms with Gasteiger partial charge >= 0.3 is 0 Å². The minimum atomic E-state index is -0.682. The summed E-state index contributed by atoms with van der Waals surface area (Å²) in [7, 11) is 3.11. The van der Waals surface area contributed by atoms with Crippen LogP contribution in [0, 0.1) is 0 Å². The number of ether oxygens (including phenoxy) is 2. The van der Waals surface area contributed by atoms with Crippen LogP contribution < -0.4 is 20.9 Å². The van der Waals surface area contributed by atoms with Crippen LogP contribution in [0.1, 0.15) is 5.56 Å². The number of primary amides is 1. The average molecular weight is 224 g/mol. The molecule has 0 bridgehead atoms. The molecule has 1 rings (SSSR count). The summed E-state index contributed by atoms with van der Waals surface area (Å²) in [5.74, 6) is 0.727. The van der Waals surface area contributed by atoms with Crippen LogP contribution in [0.15, 0.2) is 18.2 Å². The Kier molecular flexibility index (Phi) is 4.13. The van der Waals surface area contributed by atoms with Crippen LogP contribution in [0.5, 0.6) is 11.5 Å². The van der Waals surface area contributed by atoms with Gasteiger partial charge in [0, 0.05) is 0 Å². The van der Waals surface area contributed by atoms with Gasteiger partial charge in [-0.1, -0.05) is 6.07 Å². The molecule has 0 fully saturated rings. The van der Waals surface area contributed by atoms with Crippen molar-refractivity contribution in [2.45, 2.75) is 12.5 Å². The smallest absolute Gasteiger partial charge is 0.234 e. The van der Waals surface area contributed by atoms with Crippen LogP contribution in [-0.2, 0) is 11.2 Å². The highest BCUT2D eigenvalue weighted by molar-refractivity contribution is 5.79. The van der Waals surface area contributed by atoms with E-state index in [1.165, 1.54) is 0 Å². The maximum atomic E-state index is 10.8. The predicted molar refractivity (Wildman–Crippen MR) is 60.4 cm³/mol. The molecule has 0 aliphatic heterocycles. The highest BCUT2D eigenvalue weighted by Crippen LogP contribution is 2.27. The largest absolute Gasteiger partial charge is 0.493 e. The van der Waals surface area contributed by atoms with Crippen LogP contribution in [0.4, 0.5) is 0 Å². The van der Waals surface area contributed by atoms with Gasteiger partial charge in [-0.2, -0.15) is 0 Å². The van der Waals surface area contributed by atoms with Gasteiger partial charge in [-0.25, -0.2) is 0 Å². The quantitative estimate of drug-likeness (QED) is 0.740. The van der Waals surface area contributed by atoms with Gasteiger partial charge in [0.25, 0.3) is 0 Å². The van der Waals surface area contributed by atoms with Gasteiger partial charge in [0.1, 0.15) is 0 Å². The number of carbonyl (C=O) groups excluding carboxylic acids is 1. The summed E-state index contributed by atoms with van der Waals surface area (Å²) in [6.07, 6.45) is 0.385. The summed E-state index contributed by atoms with van der Waals surface area (Å²) in [5, 5.41) is 0. The first kappa shape index (κ1) is 12.3. The van der Waals surface area contributed by atoms with Crippen molar-refractivity contribution in [2.24, 2.45) is 11.5 Å². The van der Waals surface area contributed by atoms with Crippen LogP contribution in [0.2, 0.25) is 0 Å². The minimum Gasteiger partial charge on any atom is -0.493 e. The Morgan fingerprint density at radius 2 is 1.94 bits per heavy atom. The number of nitrogens with two attached hydrogens (primary N) is 2. The lowest BCUT2D eigenvalue weighted by atomic mass is 10.1. The molecule has 0 heterocycles. The van der Waals surface area contributed by atoms with Crippen molar-refractivity contribution in [3.8, 4) is 11.5 Å². The van der Waals surface area contributed by atoms with Crippen molar-refractivity contribution in [1.29, 1.82) is 0 Å². The number of carbonyl (C=O) groups is 1. The normalized spacial score (nSPS) is 11.9. The SMILES string of the molecule is COc1ccc(C[C@@H](N)C(N)=O)cc1OC. The highest BCUT2D eigenvalue weighted by Gasteiger charge is 2.12. The molecule has 0 aliphatic rings. The summed E-state index contributed by atoms with van der Waals surface area (Å²) in [5.41, 5.74) is 11.5. The van der Waals surface area contributed by atoms with Crippen LogP contribution in [0.25, 0.3) is 0 Å². The molecule has 0 spiro atoms. The first-order valence-corrected chi connectivity index (χ1v) is 4.84. The third-order valence-electron chi connectivity index (χ3n) is 2.27. The predicted octanol–water partition coefficient (Wildman–Crippen LogP) is 0.0589. The van der Waals surface area contributed by atoms with Crippen molar-refractivity contribution in [3.63, 3.8) is 0 Å². The molecule has 0 aliphatic carbocycles. The number of benzene rings is 1. The molecule has 1 amide bonds. The molecule has 88 valence electrons. The molecule has 4 N–H and O–H groups in total. The number of hydrogen-bond donors (Lipinski definition) is 2. The fraction of sp³-hybridized carbons (Fsp3) is 0.364. The Morgan fingerprint density at radius 3 is 2.44 bits per heavy atom. The van der Waals surface area contributed by atoms with E-state index in [0.717, 1.165) is 5.56 Å². The fourth-order valence-corrected chi connectivity index (χ4v) is 1.36. The number of hydrogen-bond acceptors (Lipinski definition) is 4. The second-order valence-corrected chi connectivity index (χ2v) is 3.40. The number of methoxy groups -OCH3 is 2. The molecule has 0 saturated heterocycles. The molecule has 0 saturated carbocycles. The number of amides is 1. The minimum absolute atomic E-state index is 0.385. The summed E-state index contributed by atoms with van der Waals surface area (Å²) < 4.78 is 10.2. The maximum absolute atomic E-state index is 10.8. The zero-order valence-corrected chi connectivity index (χ0v) is 9.40. The monoisotopic (exact) mass is 224 g/mol. The van der Waals surface area contributed by atoms with Gasteiger partial charge in [-0.3, -0.25) is 4.79 Å². The van der Waals surface area contributed by atoms with Crippen LogP contribution in [-0.4, -0.2) is 26.2 Å². The zero-order chi connectivity index (χ0) is 12.1. The Bertz CT molecular complexity index is 379. The van der Waals surface area contributed by atoms with E-state index in [-0.39, 0.29) is 0 Å². The van der Waals surface area contributed by atoms with Crippen molar-refractivity contribution in [2.75, 3.05) is 14.2 Å². The van der Waals surface area contributed by atoms with E-state index in [4.69, 9.17) is 20.9 Å². The van der Waals surface area contributed by atoms with Crippen molar-refractivity contribution in [1.82, 2.24) is 0 Å². The Labute approximate surface area is 94.3 Å². The molecule has 1 aromatic carbocycles. The van der Waals surface area contributed by atoms with Gasteiger partial charge in [-0.15, -0.1) is 0 Å². The van der Waals surface area contributed by atoms with E-state index < -0.39 is 11.9 Å². The zero-order valence-electron chi connectivity index (χ0n) is 9.40. The van der Waals surface area contributed by atoms with E-state index in [2.05, 4.69) is 0 Å². The van der Waals surface area contributed by atoms with Gasteiger partial charge in [0.15, 0.2) is 11.5 Å². The second-order valence-electron chi connectivity index (χ2n) is 3.40. The Hall–Kier alpha value is -1.75. The van der Waals surface area contributed by atoms with Crippen molar-refractivity contribution >= 4 is 5.91 Å². The standard InChI is InChI=1S/C11H16N2O3/c1-15-9-4-3-7(6-10(9)16-2)5-8(12)11(13)14/h3-4,6,8H,5,12H2,1-2H3,(H2,13,14)/t8-/m1/s1. The molecule has 1 aromatic rings. The van der Waals surface area contributed by atoms with Gasteiger partial charge in [-0.05, 0) is 24.1 Å². The molecule has 1 atom stereocenters. The third-order valence-corrected chi connectivity index (χ3v) is 2.27. The second kappa shape index (κ2) is 5.37. The van der Waals surface area contributed by atoms with E-state index >= 15 is 0 Å². The summed E-state index contributed by atoms with van der Waals surface area (Å²) in [6, 6.07) is 4.69. The summed E-state index contributed by atoms with van der Waals surface area (Å²) in [6.45, 7) is 0. The molecule has 5 heteroatoms. The summed E-state index contributed by atoms with van der Waals surface area (Å²) >= 11 is 0. The van der Waals surface area contributed by atoms with Gasteiger partial charge < -0.3 is 20.9 Å². The van der Waals surface area contributed by atoms with E-state index in [1.54, 1.807) is 26.4 Å². The van der Waals surface area contributed by atoms with Gasteiger partial charge in [0.05, 0.1) is 20.3 Å². The lowest BCUT2D eigenvalue weighted by Crippen LogP contribution is -2.38. The maximum Gasteiger partial charge on any atom is 0.234 e. The molecule has 16 heavy (non-hydrogen) atoms. The van der Waals surface area contributed by atoms with E-state index in [1.807, 2.05) is 6.07 Å². The molecule has 0 radical (unpaired) electrons. The molecule has 0 aromatic heterocycles. The Balaban J connectivity index is 2.86. The number of rotatable bonds is 5. The van der Waals surface area contributed by atoms with Crippen LogP contribution in [0.3, 0.4) is 0 Å². The van der Waals surface area contributed by atoms with E-state index in [0.29, 0.717) is 17.9 Å². The Morgan fingerprint density at radius 1 is 1.31 bits per heavy atom. The van der Waals surface area contributed by atoms with Gasteiger partial charge in [0.2, 0.25) is 5.91 Å². The lowest BCUT2D eigenvalue weighted by Gasteiger charge is -2.11. The average Bonchev–Trinajstić information content (AvgIpc) is 2.28. The third kappa shape index (κ3) is 2.87. The fourth-order valence-electron chi connectivity index (χ4n) is 1.36. The molecule has 0 unspecified atom stereocenters. The topological polar surface area (TPSA) is 87.6 Å². The molecular weight excluding hydrogens is 208 g/mol. The van der Waals surface area contributed by atoms with Crippen molar-refractivity contribution in [3.05, 3.63) is 23.8 Å². The molecular formula is C11H16N2O3. The van der Waals surface area contributed by atoms with Crippen molar-refractivity contribution < 1.29 is 14.3 Å². The summed E-state index contributed by atoms with van der Waals surface area (Å²) in [4.78, 5) is 10.8. The first-order chi connectivity index (χ1) is 7.58. The molecule has 5 nitrogen and oxygen atoms in total. The van der Waals surface area contributed by atoms with E-state index in [9.17, 15) is 4.79 Å². The van der Waals surface area contributed by atoms with Crippen LogP contribution >= 0.6 is 0 Å². The lowest BCUT2D eigenvalue weighted by molar-refractivity contribution is -0.119. The first-order valence-electron chi connectivity index (χ1n) is 4.84. The highest BCUT2D eigenvalue weighted by atomic mass is 16.5.